The van der Waals surface area contributed by atoms with Crippen molar-refractivity contribution in [3.8, 4) is 11.5 Å². The molecule has 0 saturated carbocycles. The molecule has 0 aliphatic carbocycles. The number of nitrogens with zero attached hydrogens (tertiary/aromatic N) is 1. The van der Waals surface area contributed by atoms with Crippen LogP contribution in [-0.4, -0.2) is 50.7 Å². The second kappa shape index (κ2) is 11.5. The van der Waals surface area contributed by atoms with Gasteiger partial charge in [-0.3, -0.25) is 4.79 Å². The number of methoxy groups -OCH3 is 1. The molecular weight excluding hydrogens is 364 g/mol. The molecule has 0 aromatic heterocycles. The van der Waals surface area contributed by atoms with Gasteiger partial charge in [0.2, 0.25) is 5.91 Å². The molecule has 5 heteroatoms. The highest BCUT2D eigenvalue weighted by molar-refractivity contribution is 5.76. The van der Waals surface area contributed by atoms with Crippen molar-refractivity contribution in [1.82, 2.24) is 10.2 Å². The Balaban J connectivity index is 1.24. The predicted octanol–water partition coefficient (Wildman–Crippen LogP) is 3.54. The molecule has 1 saturated heterocycles. The van der Waals surface area contributed by atoms with Gasteiger partial charge in [0, 0.05) is 32.6 Å². The second-order valence-corrected chi connectivity index (χ2v) is 7.54. The minimum absolute atomic E-state index is 0.256. The van der Waals surface area contributed by atoms with E-state index in [1.165, 1.54) is 5.56 Å². The molecule has 1 fully saturated rings. The van der Waals surface area contributed by atoms with Gasteiger partial charge >= 0.3 is 0 Å². The first kappa shape index (κ1) is 21.2. The third kappa shape index (κ3) is 7.09. The molecule has 156 valence electrons. The summed E-state index contributed by atoms with van der Waals surface area (Å²) in [6.45, 7) is 3.76. The Morgan fingerprint density at radius 2 is 1.69 bits per heavy atom. The third-order valence-corrected chi connectivity index (χ3v) is 5.46. The number of carbonyl (C=O) groups excluding carboxylic acids is 1. The van der Waals surface area contributed by atoms with Crippen molar-refractivity contribution >= 4 is 5.91 Å². The van der Waals surface area contributed by atoms with Crippen molar-refractivity contribution in [2.24, 2.45) is 5.92 Å². The Hall–Kier alpha value is -2.53. The Kier molecular flexibility index (Phi) is 8.38. The lowest BCUT2D eigenvalue weighted by molar-refractivity contribution is -0.132. The zero-order valence-electron chi connectivity index (χ0n) is 17.3. The summed E-state index contributed by atoms with van der Waals surface area (Å²) in [5.74, 6) is 2.58. The molecule has 1 amide bonds. The average Bonchev–Trinajstić information content (AvgIpc) is 2.77. The Bertz CT molecular complexity index is 726. The van der Waals surface area contributed by atoms with Gasteiger partial charge in [-0.1, -0.05) is 30.3 Å². The molecule has 3 rings (SSSR count). The van der Waals surface area contributed by atoms with Gasteiger partial charge in [0.05, 0.1) is 7.11 Å². The normalized spacial score (nSPS) is 14.6. The van der Waals surface area contributed by atoms with Gasteiger partial charge in [-0.2, -0.15) is 0 Å². The summed E-state index contributed by atoms with van der Waals surface area (Å²) in [6.07, 6.45) is 3.87. The van der Waals surface area contributed by atoms with Crippen LogP contribution in [0.5, 0.6) is 11.5 Å². The molecular formula is C24H32N2O3. The van der Waals surface area contributed by atoms with Gasteiger partial charge in [0.15, 0.2) is 0 Å². The number of nitrogens with one attached hydrogen (secondary N) is 1. The quantitative estimate of drug-likeness (QED) is 0.624. The van der Waals surface area contributed by atoms with E-state index in [0.29, 0.717) is 25.5 Å². The molecule has 1 aliphatic heterocycles. The lowest BCUT2D eigenvalue weighted by atomic mass is 9.90. The molecule has 0 radical (unpaired) electrons. The number of hydrogen-bond acceptors (Lipinski definition) is 4. The number of hydrogen-bond donors (Lipinski definition) is 1. The minimum Gasteiger partial charge on any atom is -0.497 e. The first-order valence-corrected chi connectivity index (χ1v) is 10.5. The number of amides is 1. The van der Waals surface area contributed by atoms with E-state index in [9.17, 15) is 4.79 Å². The van der Waals surface area contributed by atoms with E-state index in [0.717, 1.165) is 50.4 Å². The lowest BCUT2D eigenvalue weighted by Gasteiger charge is -2.32. The van der Waals surface area contributed by atoms with Crippen LogP contribution in [-0.2, 0) is 11.2 Å². The van der Waals surface area contributed by atoms with Crippen LogP contribution >= 0.6 is 0 Å². The largest absolute Gasteiger partial charge is 0.497 e. The summed E-state index contributed by atoms with van der Waals surface area (Å²) in [5, 5.41) is 3.29. The third-order valence-electron chi connectivity index (χ3n) is 5.46. The maximum Gasteiger partial charge on any atom is 0.223 e. The maximum atomic E-state index is 12.4. The van der Waals surface area contributed by atoms with Crippen LogP contribution in [0.15, 0.2) is 54.6 Å². The summed E-state index contributed by atoms with van der Waals surface area (Å²) in [4.78, 5) is 14.4. The fraction of sp³-hybridized carbons (Fsp3) is 0.458. The van der Waals surface area contributed by atoms with E-state index in [2.05, 4.69) is 35.6 Å². The number of likely N-dealkylation sites (tertiary alicyclic amines) is 1. The zero-order chi connectivity index (χ0) is 20.3. The maximum absolute atomic E-state index is 12.4. The number of benzene rings is 2. The summed E-state index contributed by atoms with van der Waals surface area (Å²) >= 11 is 0. The van der Waals surface area contributed by atoms with Gasteiger partial charge in [0.1, 0.15) is 18.1 Å². The van der Waals surface area contributed by atoms with E-state index in [1.807, 2.05) is 29.2 Å². The summed E-state index contributed by atoms with van der Waals surface area (Å²) in [7, 11) is 1.65. The van der Waals surface area contributed by atoms with Gasteiger partial charge in [-0.05, 0) is 55.0 Å². The number of piperidine rings is 1. The van der Waals surface area contributed by atoms with Crippen LogP contribution in [0.2, 0.25) is 0 Å². The van der Waals surface area contributed by atoms with E-state index in [-0.39, 0.29) is 5.91 Å². The monoisotopic (exact) mass is 396 g/mol. The van der Waals surface area contributed by atoms with Crippen LogP contribution in [0.3, 0.4) is 0 Å². The Morgan fingerprint density at radius 3 is 2.38 bits per heavy atom. The van der Waals surface area contributed by atoms with Crippen LogP contribution in [0.4, 0.5) is 0 Å². The Labute approximate surface area is 174 Å². The highest BCUT2D eigenvalue weighted by Crippen LogP contribution is 2.22. The number of rotatable bonds is 10. The van der Waals surface area contributed by atoms with Gasteiger partial charge < -0.3 is 19.7 Å². The van der Waals surface area contributed by atoms with E-state index < -0.39 is 0 Å². The Morgan fingerprint density at radius 1 is 1.00 bits per heavy atom. The summed E-state index contributed by atoms with van der Waals surface area (Å²) in [6, 6.07) is 18.2. The number of ether oxygens (including phenoxy) is 2. The highest BCUT2D eigenvalue weighted by Gasteiger charge is 2.22. The van der Waals surface area contributed by atoms with Crippen molar-refractivity contribution in [2.75, 3.05) is 39.9 Å². The van der Waals surface area contributed by atoms with E-state index >= 15 is 0 Å². The van der Waals surface area contributed by atoms with Crippen LogP contribution in [0, 0.1) is 5.92 Å². The van der Waals surface area contributed by atoms with Gasteiger partial charge in [-0.25, -0.2) is 0 Å². The molecule has 0 spiro atoms. The van der Waals surface area contributed by atoms with E-state index in [1.54, 1.807) is 7.11 Å². The van der Waals surface area contributed by atoms with Gasteiger partial charge in [-0.15, -0.1) is 0 Å². The minimum atomic E-state index is 0.256. The zero-order valence-corrected chi connectivity index (χ0v) is 17.3. The first-order chi connectivity index (χ1) is 14.2. The molecule has 0 bridgehead atoms. The van der Waals surface area contributed by atoms with E-state index in [4.69, 9.17) is 9.47 Å². The topological polar surface area (TPSA) is 50.8 Å². The van der Waals surface area contributed by atoms with Crippen molar-refractivity contribution in [1.29, 1.82) is 0 Å². The predicted molar refractivity (Wildman–Crippen MR) is 115 cm³/mol. The summed E-state index contributed by atoms with van der Waals surface area (Å²) < 4.78 is 10.8. The molecule has 2 aromatic rings. The highest BCUT2D eigenvalue weighted by atomic mass is 16.5. The molecule has 5 nitrogen and oxygen atoms in total. The van der Waals surface area contributed by atoms with Crippen molar-refractivity contribution in [3.63, 3.8) is 0 Å². The molecule has 2 aromatic carbocycles. The second-order valence-electron chi connectivity index (χ2n) is 7.54. The molecule has 1 aliphatic rings. The summed E-state index contributed by atoms with van der Waals surface area (Å²) in [5.41, 5.74) is 1.40. The fourth-order valence-electron chi connectivity index (χ4n) is 3.73. The number of carbonyl (C=O) groups is 1. The smallest absolute Gasteiger partial charge is 0.223 e. The molecule has 29 heavy (non-hydrogen) atoms. The van der Waals surface area contributed by atoms with Crippen LogP contribution in [0.1, 0.15) is 24.8 Å². The van der Waals surface area contributed by atoms with Crippen molar-refractivity contribution < 1.29 is 14.3 Å². The lowest BCUT2D eigenvalue weighted by Crippen LogP contribution is -2.40. The molecule has 1 heterocycles. The molecule has 0 unspecified atom stereocenters. The van der Waals surface area contributed by atoms with Crippen LogP contribution < -0.4 is 14.8 Å². The molecule has 0 atom stereocenters. The van der Waals surface area contributed by atoms with Gasteiger partial charge in [0.25, 0.3) is 0 Å². The SMILES string of the molecule is COc1ccc(OCCNCCC(=O)N2CCC(Cc3ccccc3)CC2)cc1. The standard InChI is InChI=1S/C24H32N2O3/c1-28-22-7-9-23(10-8-22)29-18-15-25-14-11-24(27)26-16-12-21(13-17-26)19-20-5-3-2-4-6-20/h2-10,21,25H,11-19H2,1H3. The van der Waals surface area contributed by atoms with Crippen LogP contribution in [0.25, 0.3) is 0 Å². The van der Waals surface area contributed by atoms with Crippen molar-refractivity contribution in [2.45, 2.75) is 25.7 Å². The first-order valence-electron chi connectivity index (χ1n) is 10.5. The van der Waals surface area contributed by atoms with Crippen molar-refractivity contribution in [3.05, 3.63) is 60.2 Å². The average molecular weight is 397 g/mol. The fourth-order valence-corrected chi connectivity index (χ4v) is 3.73. The molecule has 1 N–H and O–H groups in total.